The van der Waals surface area contributed by atoms with Crippen LogP contribution in [0.5, 0.6) is 0 Å². The highest BCUT2D eigenvalue weighted by Crippen LogP contribution is 2.39. The standard InChI is InChI=1S/C22H17ClF2N4S/c23-22-26-20(29-11-9-28(10-12-29)17-7-5-16(25)6-8-17)19-18(13-30-21(19)27-22)14-1-3-15(24)4-2-14/h1-8,13H,9-12H2. The number of hydrogen-bond donors (Lipinski definition) is 0. The third-order valence-electron chi connectivity index (χ3n) is 5.31. The van der Waals surface area contributed by atoms with Crippen LogP contribution in [0.25, 0.3) is 21.3 Å². The minimum absolute atomic E-state index is 0.214. The summed E-state index contributed by atoms with van der Waals surface area (Å²) in [6.45, 7) is 3.06. The van der Waals surface area contributed by atoms with Crippen molar-refractivity contribution >= 4 is 44.7 Å². The van der Waals surface area contributed by atoms with Gasteiger partial charge in [-0.2, -0.15) is 4.98 Å². The van der Waals surface area contributed by atoms with Gasteiger partial charge in [0, 0.05) is 42.8 Å². The van der Waals surface area contributed by atoms with Crippen LogP contribution < -0.4 is 9.80 Å². The van der Waals surface area contributed by atoms with Gasteiger partial charge in [0.25, 0.3) is 0 Å². The van der Waals surface area contributed by atoms with Gasteiger partial charge in [0.1, 0.15) is 22.3 Å². The molecule has 5 rings (SSSR count). The second-order valence-corrected chi connectivity index (χ2v) is 8.30. The van der Waals surface area contributed by atoms with Gasteiger partial charge >= 0.3 is 0 Å². The fraction of sp³-hybridized carbons (Fsp3) is 0.182. The van der Waals surface area contributed by atoms with Crippen molar-refractivity contribution in [2.75, 3.05) is 36.0 Å². The van der Waals surface area contributed by atoms with E-state index in [0.29, 0.717) is 0 Å². The van der Waals surface area contributed by atoms with Crippen molar-refractivity contribution in [1.82, 2.24) is 9.97 Å². The molecule has 30 heavy (non-hydrogen) atoms. The fourth-order valence-corrected chi connectivity index (χ4v) is 4.95. The second kappa shape index (κ2) is 7.81. The Kier molecular flexibility index (Phi) is 5.00. The maximum atomic E-state index is 13.4. The Morgan fingerprint density at radius 2 is 1.40 bits per heavy atom. The molecule has 0 N–H and O–H groups in total. The third-order valence-corrected chi connectivity index (χ3v) is 6.35. The zero-order valence-electron chi connectivity index (χ0n) is 15.9. The molecular weight excluding hydrogens is 426 g/mol. The Hall–Kier alpha value is -2.77. The average Bonchev–Trinajstić information content (AvgIpc) is 3.18. The van der Waals surface area contributed by atoms with Crippen molar-refractivity contribution in [3.63, 3.8) is 0 Å². The van der Waals surface area contributed by atoms with Crippen molar-refractivity contribution in [1.29, 1.82) is 0 Å². The van der Waals surface area contributed by atoms with Crippen LogP contribution >= 0.6 is 22.9 Å². The summed E-state index contributed by atoms with van der Waals surface area (Å²) in [5.41, 5.74) is 2.90. The smallest absolute Gasteiger partial charge is 0.225 e. The maximum Gasteiger partial charge on any atom is 0.225 e. The van der Waals surface area contributed by atoms with Crippen molar-refractivity contribution in [3.8, 4) is 11.1 Å². The summed E-state index contributed by atoms with van der Waals surface area (Å²) >= 11 is 7.72. The molecule has 0 saturated carbocycles. The molecule has 4 aromatic rings. The molecule has 0 atom stereocenters. The van der Waals surface area contributed by atoms with Crippen molar-refractivity contribution in [2.45, 2.75) is 0 Å². The summed E-state index contributed by atoms with van der Waals surface area (Å²) in [5.74, 6) is 0.292. The topological polar surface area (TPSA) is 32.3 Å². The van der Waals surface area contributed by atoms with Crippen LogP contribution in [0.15, 0.2) is 53.9 Å². The molecule has 1 fully saturated rings. The van der Waals surface area contributed by atoms with Crippen LogP contribution in [0.3, 0.4) is 0 Å². The molecule has 0 amide bonds. The van der Waals surface area contributed by atoms with Gasteiger partial charge in [0.05, 0.1) is 5.39 Å². The molecule has 0 aliphatic carbocycles. The van der Waals surface area contributed by atoms with Crippen LogP contribution in [-0.2, 0) is 0 Å². The SMILES string of the molecule is Fc1ccc(-c2csc3nc(Cl)nc(N4CCN(c5ccc(F)cc5)CC4)c23)cc1. The number of fused-ring (bicyclic) bond motifs is 1. The first-order valence-corrected chi connectivity index (χ1v) is 10.8. The highest BCUT2D eigenvalue weighted by atomic mass is 35.5. The van der Waals surface area contributed by atoms with Crippen LogP contribution in [0.2, 0.25) is 5.28 Å². The van der Waals surface area contributed by atoms with E-state index in [9.17, 15) is 8.78 Å². The highest BCUT2D eigenvalue weighted by molar-refractivity contribution is 7.17. The number of hydrogen-bond acceptors (Lipinski definition) is 5. The molecule has 152 valence electrons. The predicted molar refractivity (Wildman–Crippen MR) is 119 cm³/mol. The molecule has 1 saturated heterocycles. The molecule has 1 aliphatic rings. The first kappa shape index (κ1) is 19.2. The lowest BCUT2D eigenvalue weighted by Gasteiger charge is -2.37. The van der Waals surface area contributed by atoms with Gasteiger partial charge in [-0.05, 0) is 53.6 Å². The monoisotopic (exact) mass is 442 g/mol. The summed E-state index contributed by atoms with van der Waals surface area (Å²) in [6, 6.07) is 13.0. The summed E-state index contributed by atoms with van der Waals surface area (Å²) < 4.78 is 26.6. The van der Waals surface area contributed by atoms with Crippen LogP contribution in [0, 0.1) is 11.6 Å². The number of benzene rings is 2. The Bertz CT molecular complexity index is 1190. The molecule has 0 unspecified atom stereocenters. The predicted octanol–water partition coefficient (Wildman–Crippen LogP) is 5.62. The van der Waals surface area contributed by atoms with E-state index in [2.05, 4.69) is 19.8 Å². The van der Waals surface area contributed by atoms with Gasteiger partial charge in [-0.25, -0.2) is 13.8 Å². The largest absolute Gasteiger partial charge is 0.368 e. The maximum absolute atomic E-state index is 13.4. The molecule has 0 bridgehead atoms. The van der Waals surface area contributed by atoms with Crippen LogP contribution in [0.4, 0.5) is 20.3 Å². The molecule has 0 spiro atoms. The number of rotatable bonds is 3. The minimum atomic E-state index is -0.269. The molecule has 0 radical (unpaired) electrons. The number of halogens is 3. The summed E-state index contributed by atoms with van der Waals surface area (Å²) in [5, 5.41) is 3.17. The second-order valence-electron chi connectivity index (χ2n) is 7.10. The molecular formula is C22H17ClF2N4S. The third kappa shape index (κ3) is 3.59. The zero-order valence-corrected chi connectivity index (χ0v) is 17.4. The first-order chi connectivity index (χ1) is 14.6. The van der Waals surface area contributed by atoms with Gasteiger partial charge in [0.15, 0.2) is 0 Å². The molecule has 8 heteroatoms. The van der Waals surface area contributed by atoms with Gasteiger partial charge in [-0.15, -0.1) is 11.3 Å². The average molecular weight is 443 g/mol. The fourth-order valence-electron chi connectivity index (χ4n) is 3.80. The van der Waals surface area contributed by atoms with Crippen molar-refractivity contribution in [2.24, 2.45) is 0 Å². The Balaban J connectivity index is 1.47. The summed E-state index contributed by atoms with van der Waals surface area (Å²) in [6.07, 6.45) is 0. The molecule has 1 aliphatic heterocycles. The van der Waals surface area contributed by atoms with Crippen molar-refractivity contribution < 1.29 is 8.78 Å². The lowest BCUT2D eigenvalue weighted by atomic mass is 10.1. The lowest BCUT2D eigenvalue weighted by Crippen LogP contribution is -2.47. The quantitative estimate of drug-likeness (QED) is 0.386. The summed E-state index contributed by atoms with van der Waals surface area (Å²) in [4.78, 5) is 14.2. The van der Waals surface area contributed by atoms with E-state index >= 15 is 0 Å². The van der Waals surface area contributed by atoms with E-state index < -0.39 is 0 Å². The van der Waals surface area contributed by atoms with E-state index in [1.165, 1.54) is 35.6 Å². The van der Waals surface area contributed by atoms with E-state index in [4.69, 9.17) is 11.6 Å². The van der Waals surface area contributed by atoms with Gasteiger partial charge < -0.3 is 9.80 Å². The first-order valence-electron chi connectivity index (χ1n) is 9.54. The van der Waals surface area contributed by atoms with Gasteiger partial charge in [-0.1, -0.05) is 12.1 Å². The minimum Gasteiger partial charge on any atom is -0.368 e. The van der Waals surface area contributed by atoms with E-state index in [1.807, 2.05) is 5.38 Å². The Morgan fingerprint density at radius 1 is 0.800 bits per heavy atom. The number of thiophene rings is 1. The normalized spacial score (nSPS) is 14.5. The number of piperazine rings is 1. The lowest BCUT2D eigenvalue weighted by molar-refractivity contribution is 0.624. The molecule has 2 aromatic heterocycles. The number of nitrogens with zero attached hydrogens (tertiary/aromatic N) is 4. The van der Waals surface area contributed by atoms with Crippen molar-refractivity contribution in [3.05, 3.63) is 70.8 Å². The number of anilines is 2. The highest BCUT2D eigenvalue weighted by Gasteiger charge is 2.23. The molecule has 2 aromatic carbocycles. The van der Waals surface area contributed by atoms with Crippen LogP contribution in [-0.4, -0.2) is 36.1 Å². The Morgan fingerprint density at radius 3 is 2.07 bits per heavy atom. The Labute approximate surface area is 181 Å². The van der Waals surface area contributed by atoms with E-state index in [0.717, 1.165) is 59.0 Å². The molecule has 3 heterocycles. The van der Waals surface area contributed by atoms with Gasteiger partial charge in [0.2, 0.25) is 5.28 Å². The summed E-state index contributed by atoms with van der Waals surface area (Å²) in [7, 11) is 0. The number of aromatic nitrogens is 2. The molecule has 4 nitrogen and oxygen atoms in total. The zero-order chi connectivity index (χ0) is 20.7. The van der Waals surface area contributed by atoms with E-state index in [1.54, 1.807) is 24.3 Å². The van der Waals surface area contributed by atoms with Crippen LogP contribution in [0.1, 0.15) is 0 Å². The van der Waals surface area contributed by atoms with E-state index in [-0.39, 0.29) is 16.9 Å². The van der Waals surface area contributed by atoms with Gasteiger partial charge in [-0.3, -0.25) is 0 Å².